The molecule has 0 bridgehead atoms. The van der Waals surface area contributed by atoms with Crippen LogP contribution in [0.3, 0.4) is 0 Å². The van der Waals surface area contributed by atoms with E-state index < -0.39 is 0 Å². The minimum atomic E-state index is 0.0595. The molecule has 37 heavy (non-hydrogen) atoms. The molecule has 3 N–H and O–H groups in total. The van der Waals surface area contributed by atoms with Crippen molar-refractivity contribution in [3.63, 3.8) is 0 Å². The van der Waals surface area contributed by atoms with Crippen molar-refractivity contribution >= 4 is 33.4 Å². The smallest absolute Gasteiger partial charge is 0.227 e. The maximum Gasteiger partial charge on any atom is 0.227 e. The first kappa shape index (κ1) is 21.4. The molecule has 0 aromatic carbocycles. The molecule has 0 spiro atoms. The number of pyridine rings is 3. The van der Waals surface area contributed by atoms with Crippen molar-refractivity contribution in [2.75, 3.05) is 5.32 Å². The van der Waals surface area contributed by atoms with E-state index in [1.54, 1.807) is 24.9 Å². The number of nitrogens with zero attached hydrogens (tertiary/aromatic N) is 6. The Morgan fingerprint density at radius 1 is 1.00 bits per heavy atom. The number of amides is 1. The summed E-state index contributed by atoms with van der Waals surface area (Å²) in [4.78, 5) is 33.5. The second-order valence-electron chi connectivity index (χ2n) is 9.49. The molecule has 6 aromatic heterocycles. The Bertz CT molecular complexity index is 1790. The summed E-state index contributed by atoms with van der Waals surface area (Å²) in [6, 6.07) is 5.98. The van der Waals surface area contributed by atoms with Crippen LogP contribution in [0, 0.1) is 12.8 Å². The van der Waals surface area contributed by atoms with Crippen molar-refractivity contribution in [3.05, 3.63) is 67.4 Å². The largest absolute Gasteiger partial charge is 0.352 e. The third kappa shape index (κ3) is 3.74. The molecule has 0 radical (unpaired) electrons. The van der Waals surface area contributed by atoms with Crippen LogP contribution in [-0.2, 0) is 4.79 Å². The molecular weight excluding hydrogens is 466 g/mol. The molecule has 6 heterocycles. The molecule has 10 nitrogen and oxygen atoms in total. The minimum Gasteiger partial charge on any atom is -0.352 e. The van der Waals surface area contributed by atoms with Crippen molar-refractivity contribution < 1.29 is 4.79 Å². The quantitative estimate of drug-likeness (QED) is 0.319. The number of aromatic amines is 2. The molecule has 182 valence electrons. The highest BCUT2D eigenvalue weighted by molar-refractivity contribution is 5.99. The first-order chi connectivity index (χ1) is 18.1. The summed E-state index contributed by atoms with van der Waals surface area (Å²) < 4.78 is 1.97. The number of hydrogen-bond acceptors (Lipinski definition) is 6. The Hall–Kier alpha value is -4.86. The number of carbonyl (C=O) groups is 1. The zero-order chi connectivity index (χ0) is 24.9. The Kier molecular flexibility index (Phi) is 4.85. The van der Waals surface area contributed by atoms with Crippen LogP contribution < -0.4 is 5.32 Å². The van der Waals surface area contributed by atoms with Crippen LogP contribution in [0.4, 0.5) is 5.69 Å². The first-order valence-electron chi connectivity index (χ1n) is 12.2. The number of rotatable bonds is 5. The lowest BCUT2D eigenvalue weighted by molar-refractivity contribution is -0.122. The molecule has 10 heteroatoms. The van der Waals surface area contributed by atoms with Gasteiger partial charge in [-0.1, -0.05) is 6.42 Å². The molecule has 1 amide bonds. The number of aromatic nitrogens is 8. The summed E-state index contributed by atoms with van der Waals surface area (Å²) in [5.41, 5.74) is 7.49. The maximum absolute atomic E-state index is 12.4. The van der Waals surface area contributed by atoms with Gasteiger partial charge < -0.3 is 14.9 Å². The second-order valence-corrected chi connectivity index (χ2v) is 9.49. The van der Waals surface area contributed by atoms with Gasteiger partial charge in [-0.3, -0.25) is 24.8 Å². The number of imidazole rings is 1. The predicted molar refractivity (Wildman–Crippen MR) is 140 cm³/mol. The Labute approximate surface area is 211 Å². The van der Waals surface area contributed by atoms with Gasteiger partial charge in [0, 0.05) is 34.6 Å². The SMILES string of the molecule is Cc1cn(-c2cncc3[nH]c(-c4n[nH]c5cnc(-c6cncc(NC(=O)C7CCC7)c6)cc45)cc23)cn1. The first-order valence-corrected chi connectivity index (χ1v) is 12.2. The summed E-state index contributed by atoms with van der Waals surface area (Å²) in [5.74, 6) is 0.167. The van der Waals surface area contributed by atoms with Crippen LogP contribution >= 0.6 is 0 Å². The number of anilines is 1. The van der Waals surface area contributed by atoms with E-state index >= 15 is 0 Å². The van der Waals surface area contributed by atoms with Gasteiger partial charge in [0.15, 0.2) is 0 Å². The Morgan fingerprint density at radius 2 is 1.89 bits per heavy atom. The highest BCUT2D eigenvalue weighted by atomic mass is 16.1. The van der Waals surface area contributed by atoms with E-state index in [0.29, 0.717) is 5.69 Å². The number of H-pyrrole nitrogens is 2. The third-order valence-corrected chi connectivity index (χ3v) is 6.99. The number of nitrogens with one attached hydrogen (secondary N) is 3. The molecule has 7 rings (SSSR count). The predicted octanol–water partition coefficient (Wildman–Crippen LogP) is 4.80. The van der Waals surface area contributed by atoms with Crippen LogP contribution in [0.25, 0.3) is 50.1 Å². The summed E-state index contributed by atoms with van der Waals surface area (Å²) in [6.45, 7) is 1.96. The molecule has 1 aliphatic carbocycles. The van der Waals surface area contributed by atoms with E-state index in [1.165, 1.54) is 0 Å². The van der Waals surface area contributed by atoms with Gasteiger partial charge in [0.2, 0.25) is 5.91 Å². The standard InChI is InChI=1S/C27H23N9O/c1-15-13-36(14-31-15)25-12-29-10-23-19(25)6-22(33-23)26-20-7-21(30-11-24(20)34-35-26)17-5-18(9-28-8-17)32-27(37)16-3-2-4-16/h5-14,16,33H,2-4H2,1H3,(H,32,37)(H,34,35). The second kappa shape index (κ2) is 8.37. The molecule has 0 unspecified atom stereocenters. The zero-order valence-electron chi connectivity index (χ0n) is 20.1. The number of carbonyl (C=O) groups excluding carboxylic acids is 1. The summed E-state index contributed by atoms with van der Waals surface area (Å²) >= 11 is 0. The summed E-state index contributed by atoms with van der Waals surface area (Å²) in [5, 5.41) is 12.6. The van der Waals surface area contributed by atoms with Crippen LogP contribution in [-0.4, -0.2) is 45.6 Å². The molecule has 1 fully saturated rings. The lowest BCUT2D eigenvalue weighted by Crippen LogP contribution is -2.28. The normalized spacial score (nSPS) is 13.8. The number of aryl methyl sites for hydroxylation is 1. The molecule has 0 saturated heterocycles. The number of hydrogen-bond donors (Lipinski definition) is 3. The van der Waals surface area contributed by atoms with Gasteiger partial charge in [-0.15, -0.1) is 0 Å². The van der Waals surface area contributed by atoms with E-state index in [0.717, 1.165) is 75.1 Å². The highest BCUT2D eigenvalue weighted by Gasteiger charge is 2.25. The third-order valence-electron chi connectivity index (χ3n) is 6.99. The molecule has 1 aliphatic rings. The lowest BCUT2D eigenvalue weighted by atomic mass is 9.85. The zero-order valence-corrected chi connectivity index (χ0v) is 20.1. The van der Waals surface area contributed by atoms with Crippen molar-refractivity contribution in [1.29, 1.82) is 0 Å². The fraction of sp³-hybridized carbons (Fsp3) is 0.185. The molecule has 1 saturated carbocycles. The molecule has 0 aliphatic heterocycles. The van der Waals surface area contributed by atoms with Crippen molar-refractivity contribution in [2.45, 2.75) is 26.2 Å². The van der Waals surface area contributed by atoms with E-state index in [2.05, 4.69) is 46.5 Å². The van der Waals surface area contributed by atoms with Crippen molar-refractivity contribution in [3.8, 4) is 28.3 Å². The summed E-state index contributed by atoms with van der Waals surface area (Å²) in [7, 11) is 0. The van der Waals surface area contributed by atoms with Gasteiger partial charge in [0.25, 0.3) is 0 Å². The monoisotopic (exact) mass is 489 g/mol. The summed E-state index contributed by atoms with van der Waals surface area (Å²) in [6.07, 6.45) is 15.6. The maximum atomic E-state index is 12.4. The average molecular weight is 490 g/mol. The molecule has 0 atom stereocenters. The van der Waals surface area contributed by atoms with E-state index in [9.17, 15) is 4.79 Å². The molecular formula is C27H23N9O. The van der Waals surface area contributed by atoms with Crippen LogP contribution in [0.15, 0.2) is 61.7 Å². The number of fused-ring (bicyclic) bond motifs is 2. The van der Waals surface area contributed by atoms with Crippen LogP contribution in [0.5, 0.6) is 0 Å². The Morgan fingerprint density at radius 3 is 2.70 bits per heavy atom. The van der Waals surface area contributed by atoms with Gasteiger partial charge in [-0.2, -0.15) is 5.10 Å². The van der Waals surface area contributed by atoms with E-state index in [1.807, 2.05) is 42.2 Å². The average Bonchev–Trinajstić information content (AvgIpc) is 3.60. The van der Waals surface area contributed by atoms with Gasteiger partial charge in [0.1, 0.15) is 5.69 Å². The Balaban J connectivity index is 1.26. The van der Waals surface area contributed by atoms with Gasteiger partial charge in [-0.05, 0) is 38.0 Å². The topological polar surface area (TPSA) is 130 Å². The van der Waals surface area contributed by atoms with Crippen molar-refractivity contribution in [1.82, 2.24) is 39.7 Å². The molecule has 6 aromatic rings. The van der Waals surface area contributed by atoms with Crippen LogP contribution in [0.2, 0.25) is 0 Å². The van der Waals surface area contributed by atoms with E-state index in [4.69, 9.17) is 0 Å². The highest BCUT2D eigenvalue weighted by Crippen LogP contribution is 2.33. The minimum absolute atomic E-state index is 0.0595. The van der Waals surface area contributed by atoms with Gasteiger partial charge in [-0.25, -0.2) is 4.98 Å². The van der Waals surface area contributed by atoms with Gasteiger partial charge >= 0.3 is 0 Å². The fourth-order valence-corrected chi connectivity index (χ4v) is 4.77. The van der Waals surface area contributed by atoms with E-state index in [-0.39, 0.29) is 11.8 Å². The van der Waals surface area contributed by atoms with Gasteiger partial charge in [0.05, 0.1) is 70.6 Å². The fourth-order valence-electron chi connectivity index (χ4n) is 4.77. The van der Waals surface area contributed by atoms with Crippen molar-refractivity contribution in [2.24, 2.45) is 5.92 Å². The lowest BCUT2D eigenvalue weighted by Gasteiger charge is -2.24. The van der Waals surface area contributed by atoms with Crippen LogP contribution in [0.1, 0.15) is 25.0 Å².